The summed E-state index contributed by atoms with van der Waals surface area (Å²) in [6, 6.07) is 6.65. The monoisotopic (exact) mass is 419 g/mol. The Hall–Kier alpha value is -3.54. The van der Waals surface area contributed by atoms with Crippen LogP contribution in [0.1, 0.15) is 5.56 Å². The molecule has 0 unspecified atom stereocenters. The highest BCUT2D eigenvalue weighted by atomic mass is 32.2. The lowest BCUT2D eigenvalue weighted by atomic mass is 10.2. The summed E-state index contributed by atoms with van der Waals surface area (Å²) in [6.45, 7) is -0.249. The van der Waals surface area contributed by atoms with Gasteiger partial charge < -0.3 is 15.4 Å². The molecule has 3 amide bonds. The number of rotatable bonds is 7. The third-order valence-corrected chi connectivity index (χ3v) is 4.73. The van der Waals surface area contributed by atoms with Gasteiger partial charge in [0.05, 0.1) is 22.3 Å². The molecule has 10 nitrogen and oxygen atoms in total. The maximum Gasteiger partial charge on any atom is 0.389 e. The molecule has 0 bridgehead atoms. The SMILES string of the molecule is O=C(Cn1ccc([N+](=O)[O-])n1)NCCN1C(=O)SC(=Cc2ccc(F)cc2)C1=O. The number of hydrogen-bond acceptors (Lipinski definition) is 7. The Bertz CT molecular complexity index is 1000. The predicted molar refractivity (Wildman–Crippen MR) is 101 cm³/mol. The molecular formula is C17H14FN5O5S. The van der Waals surface area contributed by atoms with Crippen molar-refractivity contribution in [1.29, 1.82) is 0 Å². The average molecular weight is 419 g/mol. The first-order valence-electron chi connectivity index (χ1n) is 8.29. The lowest BCUT2D eigenvalue weighted by Crippen LogP contribution is -2.38. The van der Waals surface area contributed by atoms with Gasteiger partial charge in [-0.3, -0.25) is 19.3 Å². The highest BCUT2D eigenvalue weighted by molar-refractivity contribution is 8.18. The third kappa shape index (κ3) is 5.04. The van der Waals surface area contributed by atoms with Crippen LogP contribution in [0.15, 0.2) is 41.4 Å². The van der Waals surface area contributed by atoms with E-state index >= 15 is 0 Å². The number of thioether (sulfide) groups is 1. The fraction of sp³-hybridized carbons (Fsp3) is 0.176. The van der Waals surface area contributed by atoms with Crippen LogP contribution in [-0.4, -0.2) is 49.7 Å². The molecular weight excluding hydrogens is 405 g/mol. The van der Waals surface area contributed by atoms with Gasteiger partial charge in [0.2, 0.25) is 5.91 Å². The number of amides is 3. The molecule has 0 radical (unpaired) electrons. The van der Waals surface area contributed by atoms with Crippen LogP contribution in [-0.2, 0) is 16.1 Å². The number of imide groups is 1. The molecule has 3 rings (SSSR count). The number of hydrogen-bond donors (Lipinski definition) is 1. The zero-order valence-corrected chi connectivity index (χ0v) is 15.6. The Morgan fingerprint density at radius 2 is 2.00 bits per heavy atom. The lowest BCUT2D eigenvalue weighted by molar-refractivity contribution is -0.389. The summed E-state index contributed by atoms with van der Waals surface area (Å²) < 4.78 is 14.1. The van der Waals surface area contributed by atoms with E-state index in [1.807, 2.05) is 0 Å². The molecule has 150 valence electrons. The quantitative estimate of drug-likeness (QED) is 0.412. The van der Waals surface area contributed by atoms with E-state index in [1.54, 1.807) is 0 Å². The van der Waals surface area contributed by atoms with Crippen molar-refractivity contribution >= 4 is 40.7 Å². The van der Waals surface area contributed by atoms with Crippen LogP contribution in [0.3, 0.4) is 0 Å². The molecule has 0 saturated carbocycles. The molecule has 2 heterocycles. The fourth-order valence-electron chi connectivity index (χ4n) is 2.45. The third-order valence-electron chi connectivity index (χ3n) is 3.82. The molecule has 1 aliphatic rings. The van der Waals surface area contributed by atoms with Crippen LogP contribution >= 0.6 is 11.8 Å². The molecule has 0 atom stereocenters. The standard InChI is InChI=1S/C17H14FN5O5S/c18-12-3-1-11(2-4-12)9-13-16(25)22(17(26)29-13)8-6-19-15(24)10-21-7-5-14(20-21)23(27)28/h1-5,7,9H,6,8,10H2,(H,19,24). The number of halogens is 1. The summed E-state index contributed by atoms with van der Waals surface area (Å²) in [5.41, 5.74) is 0.582. The van der Waals surface area contributed by atoms with Crippen molar-refractivity contribution in [2.75, 3.05) is 13.1 Å². The first-order chi connectivity index (χ1) is 13.8. The number of nitrogens with one attached hydrogen (secondary N) is 1. The number of benzene rings is 1. The Labute approximate surface area is 167 Å². The zero-order valence-electron chi connectivity index (χ0n) is 14.8. The van der Waals surface area contributed by atoms with Gasteiger partial charge >= 0.3 is 5.82 Å². The van der Waals surface area contributed by atoms with Gasteiger partial charge in [-0.25, -0.2) is 4.39 Å². The highest BCUT2D eigenvalue weighted by Gasteiger charge is 2.34. The van der Waals surface area contributed by atoms with E-state index in [4.69, 9.17) is 0 Å². The number of aromatic nitrogens is 2. The summed E-state index contributed by atoms with van der Waals surface area (Å²) in [7, 11) is 0. The Morgan fingerprint density at radius 3 is 2.66 bits per heavy atom. The summed E-state index contributed by atoms with van der Waals surface area (Å²) >= 11 is 0.762. The second-order valence-electron chi connectivity index (χ2n) is 5.86. The van der Waals surface area contributed by atoms with Crippen molar-refractivity contribution in [2.45, 2.75) is 6.54 Å². The van der Waals surface area contributed by atoms with Crippen LogP contribution in [0.4, 0.5) is 15.0 Å². The maximum absolute atomic E-state index is 13.0. The van der Waals surface area contributed by atoms with Crippen molar-refractivity contribution in [3.05, 3.63) is 62.9 Å². The van der Waals surface area contributed by atoms with Crippen molar-refractivity contribution in [3.63, 3.8) is 0 Å². The van der Waals surface area contributed by atoms with Crippen LogP contribution in [0.2, 0.25) is 0 Å². The number of carbonyl (C=O) groups is 3. The minimum Gasteiger partial charge on any atom is -0.358 e. The van der Waals surface area contributed by atoms with Gasteiger partial charge in [0.1, 0.15) is 12.4 Å². The van der Waals surface area contributed by atoms with Crippen molar-refractivity contribution in [3.8, 4) is 0 Å². The first-order valence-corrected chi connectivity index (χ1v) is 9.10. The van der Waals surface area contributed by atoms with Gasteiger partial charge in [0, 0.05) is 13.1 Å². The second kappa shape index (κ2) is 8.65. The molecule has 29 heavy (non-hydrogen) atoms. The summed E-state index contributed by atoms with van der Waals surface area (Å²) in [4.78, 5) is 47.4. The highest BCUT2D eigenvalue weighted by Crippen LogP contribution is 2.31. The summed E-state index contributed by atoms with van der Waals surface area (Å²) in [5.74, 6) is -1.75. The summed E-state index contributed by atoms with van der Waals surface area (Å²) in [6.07, 6.45) is 2.79. The molecule has 0 spiro atoms. The molecule has 12 heteroatoms. The van der Waals surface area contributed by atoms with E-state index in [9.17, 15) is 28.9 Å². The summed E-state index contributed by atoms with van der Waals surface area (Å²) in [5, 5.41) is 16.2. The van der Waals surface area contributed by atoms with E-state index in [1.165, 1.54) is 42.6 Å². The van der Waals surface area contributed by atoms with Gasteiger partial charge in [-0.05, 0) is 40.5 Å². The molecule has 2 aromatic rings. The minimum absolute atomic E-state index is 0.0179. The van der Waals surface area contributed by atoms with Crippen LogP contribution < -0.4 is 5.32 Å². The second-order valence-corrected chi connectivity index (χ2v) is 6.86. The fourth-order valence-corrected chi connectivity index (χ4v) is 3.31. The van der Waals surface area contributed by atoms with E-state index in [2.05, 4.69) is 10.4 Å². The molecule has 1 aliphatic heterocycles. The van der Waals surface area contributed by atoms with E-state index in [-0.39, 0.29) is 30.4 Å². The smallest absolute Gasteiger partial charge is 0.358 e. The number of nitrogens with zero attached hydrogens (tertiary/aromatic N) is 4. The molecule has 1 N–H and O–H groups in total. The van der Waals surface area contributed by atoms with Crippen molar-refractivity contribution in [2.24, 2.45) is 0 Å². The average Bonchev–Trinajstić information content (AvgIpc) is 3.23. The van der Waals surface area contributed by atoms with Crippen LogP contribution in [0.5, 0.6) is 0 Å². The van der Waals surface area contributed by atoms with Gasteiger partial charge in [-0.15, -0.1) is 0 Å². The van der Waals surface area contributed by atoms with Gasteiger partial charge in [-0.2, -0.15) is 4.68 Å². The van der Waals surface area contributed by atoms with E-state index in [0.29, 0.717) is 5.56 Å². The normalized spacial score (nSPS) is 15.2. The first kappa shape index (κ1) is 20.2. The van der Waals surface area contributed by atoms with E-state index in [0.717, 1.165) is 21.3 Å². The molecule has 1 fully saturated rings. The Balaban J connectivity index is 1.51. The molecule has 1 saturated heterocycles. The van der Waals surface area contributed by atoms with Crippen molar-refractivity contribution < 1.29 is 23.7 Å². The van der Waals surface area contributed by atoms with Gasteiger partial charge in [0.15, 0.2) is 0 Å². The topological polar surface area (TPSA) is 127 Å². The minimum atomic E-state index is -0.673. The largest absolute Gasteiger partial charge is 0.389 e. The maximum atomic E-state index is 13.0. The zero-order chi connectivity index (χ0) is 21.0. The van der Waals surface area contributed by atoms with Crippen molar-refractivity contribution in [1.82, 2.24) is 20.0 Å². The predicted octanol–water partition coefficient (Wildman–Crippen LogP) is 1.78. The van der Waals surface area contributed by atoms with Crippen LogP contribution in [0.25, 0.3) is 6.08 Å². The van der Waals surface area contributed by atoms with Gasteiger partial charge in [0.25, 0.3) is 11.1 Å². The number of nitro groups is 1. The molecule has 1 aromatic heterocycles. The lowest BCUT2D eigenvalue weighted by Gasteiger charge is -2.12. The molecule has 1 aromatic carbocycles. The Kier molecular flexibility index (Phi) is 6.02. The Morgan fingerprint density at radius 1 is 1.28 bits per heavy atom. The number of carbonyl (C=O) groups excluding carboxylic acids is 3. The van der Waals surface area contributed by atoms with E-state index < -0.39 is 27.8 Å². The van der Waals surface area contributed by atoms with Gasteiger partial charge in [-0.1, -0.05) is 12.1 Å². The van der Waals surface area contributed by atoms with Crippen LogP contribution in [0, 0.1) is 15.9 Å². The molecule has 0 aliphatic carbocycles.